The summed E-state index contributed by atoms with van der Waals surface area (Å²) < 4.78 is 9.49. The Balaban J connectivity index is 3.33. The normalized spacial score (nSPS) is 12.0. The maximum atomic E-state index is 11.3. The van der Waals surface area contributed by atoms with Crippen LogP contribution in [0.5, 0.6) is 11.5 Å². The average molecular weight is 226 g/mol. The molecule has 0 bridgehead atoms. The number of aromatic hydroxyl groups is 1. The molecule has 1 unspecified atom stereocenters. The van der Waals surface area contributed by atoms with Crippen LogP contribution in [-0.4, -0.2) is 30.4 Å². The van der Waals surface area contributed by atoms with E-state index < -0.39 is 12.1 Å². The van der Waals surface area contributed by atoms with Gasteiger partial charge in [-0.2, -0.15) is 0 Å². The number of phenolic OH excluding ortho intramolecular Hbond substituents is 1. The highest BCUT2D eigenvalue weighted by Gasteiger charge is 2.18. The number of phenols is 1. The van der Waals surface area contributed by atoms with Crippen molar-refractivity contribution in [2.24, 2.45) is 0 Å². The number of carbonyl (C=O) groups excluding carboxylic acids is 1. The van der Waals surface area contributed by atoms with E-state index in [0.717, 1.165) is 0 Å². The fraction of sp³-hybridized carbons (Fsp3) is 0.364. The predicted octanol–water partition coefficient (Wildman–Crippen LogP) is 1.24. The van der Waals surface area contributed by atoms with Gasteiger partial charge in [-0.1, -0.05) is 0 Å². The van der Waals surface area contributed by atoms with E-state index in [4.69, 9.17) is 4.74 Å². The highest BCUT2D eigenvalue weighted by atomic mass is 16.5. The van der Waals surface area contributed by atoms with Gasteiger partial charge in [0.25, 0.3) is 0 Å². The summed E-state index contributed by atoms with van der Waals surface area (Å²) in [7, 11) is 2.63. The minimum atomic E-state index is -0.807. The monoisotopic (exact) mass is 226 g/mol. The summed E-state index contributed by atoms with van der Waals surface area (Å²) in [5.74, 6) is -0.588. The summed E-state index contributed by atoms with van der Waals surface area (Å²) in [5.41, 5.74) is 0.417. The molecule has 0 saturated heterocycles. The van der Waals surface area contributed by atoms with Crippen LogP contribution in [0.25, 0.3) is 0 Å². The van der Waals surface area contributed by atoms with E-state index in [1.165, 1.54) is 33.3 Å². The Morgan fingerprint density at radius 1 is 1.38 bits per heavy atom. The molecule has 0 heterocycles. The summed E-state index contributed by atoms with van der Waals surface area (Å²) in [6.07, 6.45) is -0.807. The molecule has 0 radical (unpaired) electrons. The summed E-state index contributed by atoms with van der Waals surface area (Å²) in [6, 6.07) is 2.62. The maximum Gasteiger partial charge on any atom is 0.341 e. The van der Waals surface area contributed by atoms with Gasteiger partial charge in [0.15, 0.2) is 0 Å². The Labute approximate surface area is 93.2 Å². The van der Waals surface area contributed by atoms with Crippen molar-refractivity contribution in [1.82, 2.24) is 0 Å². The Bertz CT molecular complexity index is 398. The lowest BCUT2D eigenvalue weighted by atomic mass is 10.0. The molecule has 16 heavy (non-hydrogen) atoms. The van der Waals surface area contributed by atoms with Crippen molar-refractivity contribution >= 4 is 5.97 Å². The Kier molecular flexibility index (Phi) is 3.73. The van der Waals surface area contributed by atoms with Crippen LogP contribution in [0.2, 0.25) is 0 Å². The van der Waals surface area contributed by atoms with Gasteiger partial charge in [-0.15, -0.1) is 0 Å². The van der Waals surface area contributed by atoms with E-state index in [0.29, 0.717) is 11.3 Å². The number of benzene rings is 1. The molecule has 1 atom stereocenters. The number of hydrogen-bond donors (Lipinski definition) is 2. The Morgan fingerprint density at radius 3 is 2.44 bits per heavy atom. The molecule has 1 aromatic rings. The van der Waals surface area contributed by atoms with Crippen molar-refractivity contribution in [1.29, 1.82) is 0 Å². The maximum absolute atomic E-state index is 11.3. The molecular weight excluding hydrogens is 212 g/mol. The molecule has 0 amide bonds. The van der Waals surface area contributed by atoms with Crippen LogP contribution in [0.3, 0.4) is 0 Å². The number of carbonyl (C=O) groups is 1. The number of rotatable bonds is 3. The third kappa shape index (κ3) is 2.25. The number of aliphatic hydroxyl groups is 1. The van der Waals surface area contributed by atoms with Gasteiger partial charge in [0.1, 0.15) is 17.1 Å². The highest BCUT2D eigenvalue weighted by Crippen LogP contribution is 2.32. The lowest BCUT2D eigenvalue weighted by Gasteiger charge is -2.13. The van der Waals surface area contributed by atoms with Crippen LogP contribution in [-0.2, 0) is 4.74 Å². The zero-order valence-corrected chi connectivity index (χ0v) is 9.35. The number of aliphatic hydroxyl groups excluding tert-OH is 1. The predicted molar refractivity (Wildman–Crippen MR) is 56.6 cm³/mol. The third-order valence-electron chi connectivity index (χ3n) is 2.20. The number of hydrogen-bond acceptors (Lipinski definition) is 5. The standard InChI is InChI=1S/C11H14O5/c1-6(12)7-4-8(11(14)16-3)9(13)5-10(7)15-2/h4-6,12-13H,1-3H3. The fourth-order valence-corrected chi connectivity index (χ4v) is 1.36. The van der Waals surface area contributed by atoms with E-state index in [-0.39, 0.29) is 11.3 Å². The lowest BCUT2D eigenvalue weighted by Crippen LogP contribution is -2.05. The molecule has 0 aliphatic heterocycles. The van der Waals surface area contributed by atoms with Gasteiger partial charge in [-0.05, 0) is 13.0 Å². The van der Waals surface area contributed by atoms with E-state index in [1.807, 2.05) is 0 Å². The fourth-order valence-electron chi connectivity index (χ4n) is 1.36. The Hall–Kier alpha value is -1.75. The molecule has 88 valence electrons. The molecule has 2 N–H and O–H groups in total. The molecule has 0 fully saturated rings. The molecular formula is C11H14O5. The summed E-state index contributed by atoms with van der Waals surface area (Å²) in [4.78, 5) is 11.3. The second-order valence-corrected chi connectivity index (χ2v) is 3.28. The SMILES string of the molecule is COC(=O)c1cc(C(C)O)c(OC)cc1O. The Morgan fingerprint density at radius 2 is 2.00 bits per heavy atom. The zero-order valence-electron chi connectivity index (χ0n) is 9.35. The molecule has 0 aliphatic rings. The largest absolute Gasteiger partial charge is 0.507 e. The van der Waals surface area contributed by atoms with Gasteiger partial charge < -0.3 is 19.7 Å². The van der Waals surface area contributed by atoms with Crippen LogP contribution in [0.4, 0.5) is 0 Å². The van der Waals surface area contributed by atoms with Crippen LogP contribution in [0.1, 0.15) is 28.9 Å². The van der Waals surface area contributed by atoms with Crippen molar-refractivity contribution in [3.8, 4) is 11.5 Å². The van der Waals surface area contributed by atoms with Gasteiger partial charge in [0, 0.05) is 11.6 Å². The molecule has 0 saturated carbocycles. The van der Waals surface area contributed by atoms with Gasteiger partial charge in [-0.25, -0.2) is 4.79 Å². The first kappa shape index (κ1) is 12.3. The lowest BCUT2D eigenvalue weighted by molar-refractivity contribution is 0.0597. The minimum absolute atomic E-state index is 0.000741. The van der Waals surface area contributed by atoms with Crippen LogP contribution >= 0.6 is 0 Å². The number of methoxy groups -OCH3 is 2. The second kappa shape index (κ2) is 4.85. The van der Waals surface area contributed by atoms with Crippen LogP contribution < -0.4 is 4.74 Å². The molecule has 5 nitrogen and oxygen atoms in total. The topological polar surface area (TPSA) is 76.0 Å². The van der Waals surface area contributed by atoms with Crippen LogP contribution in [0, 0.1) is 0 Å². The summed E-state index contributed by atoms with van der Waals surface area (Å²) >= 11 is 0. The van der Waals surface area contributed by atoms with Crippen molar-refractivity contribution in [2.75, 3.05) is 14.2 Å². The van der Waals surface area contributed by atoms with Crippen molar-refractivity contribution < 1.29 is 24.5 Å². The molecule has 1 rings (SSSR count). The van der Waals surface area contributed by atoms with Gasteiger partial charge in [0.2, 0.25) is 0 Å². The van der Waals surface area contributed by atoms with E-state index in [1.54, 1.807) is 0 Å². The average Bonchev–Trinajstić information content (AvgIpc) is 2.27. The van der Waals surface area contributed by atoms with E-state index in [2.05, 4.69) is 4.74 Å². The van der Waals surface area contributed by atoms with E-state index >= 15 is 0 Å². The second-order valence-electron chi connectivity index (χ2n) is 3.28. The molecule has 0 spiro atoms. The molecule has 0 aliphatic carbocycles. The first-order valence-electron chi connectivity index (χ1n) is 4.68. The van der Waals surface area contributed by atoms with Crippen molar-refractivity contribution in [3.63, 3.8) is 0 Å². The molecule has 1 aromatic carbocycles. The number of esters is 1. The smallest absolute Gasteiger partial charge is 0.341 e. The van der Waals surface area contributed by atoms with E-state index in [9.17, 15) is 15.0 Å². The summed E-state index contributed by atoms with van der Waals surface area (Å²) in [6.45, 7) is 1.54. The minimum Gasteiger partial charge on any atom is -0.507 e. The quantitative estimate of drug-likeness (QED) is 0.758. The summed E-state index contributed by atoms with van der Waals surface area (Å²) in [5, 5.41) is 19.1. The molecule has 0 aromatic heterocycles. The van der Waals surface area contributed by atoms with Crippen molar-refractivity contribution in [3.05, 3.63) is 23.3 Å². The van der Waals surface area contributed by atoms with Crippen LogP contribution in [0.15, 0.2) is 12.1 Å². The zero-order chi connectivity index (χ0) is 12.3. The highest BCUT2D eigenvalue weighted by molar-refractivity contribution is 5.93. The van der Waals surface area contributed by atoms with Gasteiger partial charge >= 0.3 is 5.97 Å². The van der Waals surface area contributed by atoms with Crippen molar-refractivity contribution in [2.45, 2.75) is 13.0 Å². The first-order chi connectivity index (χ1) is 7.51. The number of ether oxygens (including phenoxy) is 2. The van der Waals surface area contributed by atoms with Gasteiger partial charge in [0.05, 0.1) is 20.3 Å². The van der Waals surface area contributed by atoms with Gasteiger partial charge in [-0.3, -0.25) is 0 Å². The third-order valence-corrected chi connectivity index (χ3v) is 2.20. The molecule has 5 heteroatoms. The first-order valence-corrected chi connectivity index (χ1v) is 4.68.